The maximum absolute atomic E-state index is 11.2. The average Bonchev–Trinajstić information content (AvgIpc) is 2.30. The van der Waals surface area contributed by atoms with Crippen LogP contribution in [-0.2, 0) is 9.63 Å². The Labute approximate surface area is 99.8 Å². The second kappa shape index (κ2) is 9.15. The van der Waals surface area contributed by atoms with E-state index in [0.29, 0.717) is 13.1 Å². The number of oxime groups is 1. The fraction of sp³-hybridized carbons (Fsp3) is 0.600. The van der Waals surface area contributed by atoms with Crippen LogP contribution >= 0.6 is 0 Å². The summed E-state index contributed by atoms with van der Waals surface area (Å²) in [5.74, 6) is -0.670. The molecule has 0 radical (unpaired) electrons. The highest BCUT2D eigenvalue weighted by Crippen LogP contribution is 1.86. The lowest BCUT2D eigenvalue weighted by molar-refractivity contribution is -0.114. The van der Waals surface area contributed by atoms with E-state index in [0.717, 1.165) is 12.8 Å². The van der Waals surface area contributed by atoms with Crippen molar-refractivity contribution in [3.8, 4) is 6.07 Å². The van der Waals surface area contributed by atoms with Crippen LogP contribution in [0.1, 0.15) is 26.7 Å². The van der Waals surface area contributed by atoms with Crippen molar-refractivity contribution in [1.82, 2.24) is 10.6 Å². The molecule has 0 aromatic heterocycles. The van der Waals surface area contributed by atoms with E-state index in [1.54, 1.807) is 13.0 Å². The molecule has 0 unspecified atom stereocenters. The summed E-state index contributed by atoms with van der Waals surface area (Å²) in [5, 5.41) is 16.6. The number of amides is 2. The summed E-state index contributed by atoms with van der Waals surface area (Å²) in [7, 11) is 0. The number of nitrogens with zero attached hydrogens (tertiary/aromatic N) is 2. The molecule has 0 saturated heterocycles. The van der Waals surface area contributed by atoms with Gasteiger partial charge < -0.3 is 10.6 Å². The minimum absolute atomic E-state index is 0.363. The summed E-state index contributed by atoms with van der Waals surface area (Å²) in [6, 6.07) is 1.54. The van der Waals surface area contributed by atoms with Gasteiger partial charge in [-0.2, -0.15) is 5.26 Å². The van der Waals surface area contributed by atoms with Gasteiger partial charge in [-0.05, 0) is 13.3 Å². The molecule has 0 aliphatic carbocycles. The number of nitrogens with one attached hydrogen (secondary N) is 2. The molecule has 0 spiro atoms. The molecule has 0 aliphatic rings. The van der Waals surface area contributed by atoms with Crippen LogP contribution < -0.4 is 10.6 Å². The van der Waals surface area contributed by atoms with Crippen LogP contribution in [0.25, 0.3) is 0 Å². The van der Waals surface area contributed by atoms with Crippen LogP contribution in [0.4, 0.5) is 4.79 Å². The Morgan fingerprint density at radius 2 is 2.06 bits per heavy atom. The molecule has 17 heavy (non-hydrogen) atoms. The Morgan fingerprint density at radius 3 is 2.59 bits per heavy atom. The number of unbranched alkanes of at least 4 members (excludes halogenated alkanes) is 1. The summed E-state index contributed by atoms with van der Waals surface area (Å²) < 4.78 is 0. The van der Waals surface area contributed by atoms with Crippen LogP contribution in [0.3, 0.4) is 0 Å². The zero-order valence-corrected chi connectivity index (χ0v) is 9.95. The van der Waals surface area contributed by atoms with E-state index in [1.807, 2.05) is 6.92 Å². The third kappa shape index (κ3) is 6.89. The number of rotatable bonds is 6. The van der Waals surface area contributed by atoms with Crippen molar-refractivity contribution < 1.29 is 14.4 Å². The third-order valence-corrected chi connectivity index (χ3v) is 1.68. The first-order valence-electron chi connectivity index (χ1n) is 5.36. The van der Waals surface area contributed by atoms with E-state index in [1.165, 1.54) is 0 Å². The lowest BCUT2D eigenvalue weighted by Gasteiger charge is -2.01. The molecule has 0 rings (SSSR count). The molecule has 0 aliphatic heterocycles. The van der Waals surface area contributed by atoms with E-state index in [9.17, 15) is 9.59 Å². The van der Waals surface area contributed by atoms with Gasteiger partial charge in [-0.15, -0.1) is 0 Å². The highest BCUT2D eigenvalue weighted by atomic mass is 16.7. The van der Waals surface area contributed by atoms with E-state index in [4.69, 9.17) is 5.26 Å². The Kier molecular flexibility index (Phi) is 8.02. The average molecular weight is 240 g/mol. The first-order chi connectivity index (χ1) is 8.15. The molecule has 0 fully saturated rings. The molecule has 0 atom stereocenters. The van der Waals surface area contributed by atoms with Crippen molar-refractivity contribution in [2.75, 3.05) is 13.1 Å². The Bertz CT molecular complexity index is 333. The number of carbonyl (C=O) groups is 2. The Morgan fingerprint density at radius 1 is 1.35 bits per heavy atom. The standard InChI is InChI=1S/C10H16N4O3/c1-3-5-6-13-10(16)17-14-8(7-11)9(15)12-4-2/h3-6H2,1-2H3,(H,12,15)(H,13,16). The second-order valence-corrected chi connectivity index (χ2v) is 3.07. The van der Waals surface area contributed by atoms with Gasteiger partial charge in [-0.1, -0.05) is 18.5 Å². The summed E-state index contributed by atoms with van der Waals surface area (Å²) >= 11 is 0. The van der Waals surface area contributed by atoms with E-state index in [2.05, 4.69) is 20.6 Å². The smallest absolute Gasteiger partial charge is 0.350 e. The van der Waals surface area contributed by atoms with Crippen molar-refractivity contribution in [3.63, 3.8) is 0 Å². The van der Waals surface area contributed by atoms with Crippen LogP contribution in [0.2, 0.25) is 0 Å². The van der Waals surface area contributed by atoms with Gasteiger partial charge in [0, 0.05) is 13.1 Å². The van der Waals surface area contributed by atoms with Gasteiger partial charge in [0.25, 0.3) is 5.91 Å². The molecule has 2 N–H and O–H groups in total. The van der Waals surface area contributed by atoms with Gasteiger partial charge >= 0.3 is 6.09 Å². The number of carbonyl (C=O) groups excluding carboxylic acids is 2. The summed E-state index contributed by atoms with van der Waals surface area (Å²) in [5.41, 5.74) is -0.488. The molecule has 0 aromatic rings. The van der Waals surface area contributed by atoms with Crippen molar-refractivity contribution in [3.05, 3.63) is 0 Å². The molecular weight excluding hydrogens is 224 g/mol. The van der Waals surface area contributed by atoms with Crippen LogP contribution in [0.5, 0.6) is 0 Å². The zero-order chi connectivity index (χ0) is 13.1. The van der Waals surface area contributed by atoms with E-state index < -0.39 is 17.7 Å². The Balaban J connectivity index is 4.14. The SMILES string of the molecule is CCCCNC(=O)ON=C(C#N)C(=O)NCC. The van der Waals surface area contributed by atoms with Crippen molar-refractivity contribution >= 4 is 17.7 Å². The second-order valence-electron chi connectivity index (χ2n) is 3.07. The molecule has 7 heteroatoms. The zero-order valence-electron chi connectivity index (χ0n) is 9.95. The molecular formula is C10H16N4O3. The maximum atomic E-state index is 11.2. The van der Waals surface area contributed by atoms with Crippen LogP contribution in [0, 0.1) is 11.3 Å². The normalized spacial score (nSPS) is 10.3. The largest absolute Gasteiger partial charge is 0.433 e. The molecule has 0 aromatic carbocycles. The molecule has 0 heterocycles. The predicted octanol–water partition coefficient (Wildman–Crippen LogP) is 0.528. The van der Waals surface area contributed by atoms with Crippen molar-refractivity contribution in [2.45, 2.75) is 26.7 Å². The van der Waals surface area contributed by atoms with Gasteiger partial charge in [-0.25, -0.2) is 4.79 Å². The highest BCUT2D eigenvalue weighted by molar-refractivity contribution is 6.45. The lowest BCUT2D eigenvalue weighted by atomic mass is 10.3. The van der Waals surface area contributed by atoms with Gasteiger partial charge in [0.2, 0.25) is 5.71 Å². The van der Waals surface area contributed by atoms with Crippen molar-refractivity contribution in [2.24, 2.45) is 5.16 Å². The summed E-state index contributed by atoms with van der Waals surface area (Å²) in [4.78, 5) is 26.6. The monoisotopic (exact) mass is 240 g/mol. The fourth-order valence-corrected chi connectivity index (χ4v) is 0.844. The maximum Gasteiger partial charge on any atom is 0.433 e. The number of nitriles is 1. The highest BCUT2D eigenvalue weighted by Gasteiger charge is 2.11. The molecule has 7 nitrogen and oxygen atoms in total. The van der Waals surface area contributed by atoms with E-state index in [-0.39, 0.29) is 0 Å². The molecule has 0 saturated carbocycles. The summed E-state index contributed by atoms with van der Waals surface area (Å²) in [6.07, 6.45) is 0.974. The first kappa shape index (κ1) is 14.9. The minimum Gasteiger partial charge on any atom is -0.350 e. The molecule has 0 bridgehead atoms. The molecule has 2 amide bonds. The van der Waals surface area contributed by atoms with Gasteiger partial charge in [0.15, 0.2) is 0 Å². The van der Waals surface area contributed by atoms with Crippen LogP contribution in [0.15, 0.2) is 5.16 Å². The first-order valence-corrected chi connectivity index (χ1v) is 5.36. The lowest BCUT2D eigenvalue weighted by Crippen LogP contribution is -2.31. The third-order valence-electron chi connectivity index (χ3n) is 1.68. The van der Waals surface area contributed by atoms with Crippen LogP contribution in [-0.4, -0.2) is 30.8 Å². The Hall–Kier alpha value is -2.10. The topological polar surface area (TPSA) is 104 Å². The van der Waals surface area contributed by atoms with Gasteiger partial charge in [0.05, 0.1) is 0 Å². The molecule has 94 valence electrons. The van der Waals surface area contributed by atoms with Crippen molar-refractivity contribution in [1.29, 1.82) is 5.26 Å². The van der Waals surface area contributed by atoms with Gasteiger partial charge in [0.1, 0.15) is 6.07 Å². The predicted molar refractivity (Wildman–Crippen MR) is 61.1 cm³/mol. The minimum atomic E-state index is -0.782. The summed E-state index contributed by atoms with van der Waals surface area (Å²) in [6.45, 7) is 4.51. The van der Waals surface area contributed by atoms with E-state index >= 15 is 0 Å². The number of hydrogen-bond acceptors (Lipinski definition) is 5. The van der Waals surface area contributed by atoms with Gasteiger partial charge in [-0.3, -0.25) is 9.63 Å². The number of hydrogen-bond donors (Lipinski definition) is 2. The fourth-order valence-electron chi connectivity index (χ4n) is 0.844. The quantitative estimate of drug-likeness (QED) is 0.306.